The quantitative estimate of drug-likeness (QED) is 0.535. The Morgan fingerprint density at radius 2 is 2.17 bits per heavy atom. The number of H-pyrrole nitrogens is 1. The van der Waals surface area contributed by atoms with E-state index in [9.17, 15) is 4.79 Å². The highest BCUT2D eigenvalue weighted by Crippen LogP contribution is 2.27. The van der Waals surface area contributed by atoms with E-state index in [-0.39, 0.29) is 5.56 Å². The van der Waals surface area contributed by atoms with Crippen molar-refractivity contribution in [3.05, 3.63) is 64.7 Å². The van der Waals surface area contributed by atoms with Gasteiger partial charge in [-0.1, -0.05) is 0 Å². The predicted octanol–water partition coefficient (Wildman–Crippen LogP) is 3.56. The van der Waals surface area contributed by atoms with Gasteiger partial charge in [-0.05, 0) is 24.3 Å². The lowest BCUT2D eigenvalue weighted by atomic mass is 10.1. The molecule has 4 aromatic heterocycles. The van der Waals surface area contributed by atoms with Crippen LogP contribution in [-0.2, 0) is 0 Å². The average molecular weight is 334 g/mol. The second-order valence-corrected chi connectivity index (χ2v) is 6.23. The van der Waals surface area contributed by atoms with Gasteiger partial charge in [0, 0.05) is 34.8 Å². The van der Waals surface area contributed by atoms with E-state index >= 15 is 0 Å². The number of thiazole rings is 1. The highest BCUT2D eigenvalue weighted by atomic mass is 32.1. The standard InChI is InChI=1S/C17H10N4O2S/c22-15-8-13(10-1-2-14-11(7-10)3-5-23-14)20-16-12(9-19-21(15)16)17-18-4-6-24-17/h1-9,19H. The molecule has 0 radical (unpaired) electrons. The lowest BCUT2D eigenvalue weighted by Gasteiger charge is -2.02. The number of rotatable bonds is 2. The van der Waals surface area contributed by atoms with E-state index in [1.54, 1.807) is 18.7 Å². The Hall–Kier alpha value is -3.19. The summed E-state index contributed by atoms with van der Waals surface area (Å²) in [4.78, 5) is 21.4. The number of hydrogen-bond donors (Lipinski definition) is 1. The fourth-order valence-corrected chi connectivity index (χ4v) is 3.42. The van der Waals surface area contributed by atoms with Crippen LogP contribution in [0.1, 0.15) is 0 Å². The van der Waals surface area contributed by atoms with Gasteiger partial charge in [-0.3, -0.25) is 9.89 Å². The second-order valence-electron chi connectivity index (χ2n) is 5.34. The molecule has 0 aliphatic carbocycles. The Morgan fingerprint density at radius 3 is 3.04 bits per heavy atom. The maximum Gasteiger partial charge on any atom is 0.273 e. The van der Waals surface area contributed by atoms with Crippen LogP contribution in [0.25, 0.3) is 38.4 Å². The molecule has 7 heteroatoms. The number of benzene rings is 1. The van der Waals surface area contributed by atoms with Crippen molar-refractivity contribution in [1.29, 1.82) is 0 Å². The molecule has 1 aromatic carbocycles. The molecule has 0 saturated heterocycles. The molecule has 0 amide bonds. The van der Waals surface area contributed by atoms with Crippen LogP contribution in [0.4, 0.5) is 0 Å². The monoisotopic (exact) mass is 334 g/mol. The fourth-order valence-electron chi connectivity index (χ4n) is 2.77. The van der Waals surface area contributed by atoms with Gasteiger partial charge < -0.3 is 4.42 Å². The molecule has 0 atom stereocenters. The highest BCUT2D eigenvalue weighted by Gasteiger charge is 2.13. The van der Waals surface area contributed by atoms with Crippen LogP contribution in [0.15, 0.2) is 63.6 Å². The van der Waals surface area contributed by atoms with Crippen molar-refractivity contribution >= 4 is 28.0 Å². The molecule has 4 heterocycles. The van der Waals surface area contributed by atoms with E-state index in [4.69, 9.17) is 4.42 Å². The largest absolute Gasteiger partial charge is 0.464 e. The summed E-state index contributed by atoms with van der Waals surface area (Å²) in [5.41, 5.74) is 3.52. The van der Waals surface area contributed by atoms with Crippen LogP contribution in [-0.4, -0.2) is 19.6 Å². The minimum absolute atomic E-state index is 0.162. The van der Waals surface area contributed by atoms with Crippen LogP contribution in [0.3, 0.4) is 0 Å². The number of hydrogen-bond acceptors (Lipinski definition) is 5. The first-order valence-corrected chi connectivity index (χ1v) is 8.16. The summed E-state index contributed by atoms with van der Waals surface area (Å²) in [7, 11) is 0. The van der Waals surface area contributed by atoms with Gasteiger partial charge in [-0.25, -0.2) is 14.5 Å². The summed E-state index contributed by atoms with van der Waals surface area (Å²) in [5.74, 6) is 0. The van der Waals surface area contributed by atoms with Crippen LogP contribution in [0, 0.1) is 0 Å². The van der Waals surface area contributed by atoms with Gasteiger partial charge in [0.15, 0.2) is 5.65 Å². The van der Waals surface area contributed by atoms with Crippen LogP contribution < -0.4 is 5.56 Å². The Bertz CT molecular complexity index is 1230. The smallest absolute Gasteiger partial charge is 0.273 e. The lowest BCUT2D eigenvalue weighted by Crippen LogP contribution is -2.14. The molecular weight excluding hydrogens is 324 g/mol. The number of fused-ring (bicyclic) bond motifs is 2. The summed E-state index contributed by atoms with van der Waals surface area (Å²) in [6, 6.07) is 9.16. The molecule has 0 unspecified atom stereocenters. The molecule has 5 rings (SSSR count). The molecule has 1 N–H and O–H groups in total. The molecule has 5 aromatic rings. The van der Waals surface area contributed by atoms with Crippen molar-refractivity contribution in [3.63, 3.8) is 0 Å². The van der Waals surface area contributed by atoms with Crippen molar-refractivity contribution in [1.82, 2.24) is 19.6 Å². The maximum atomic E-state index is 12.4. The van der Waals surface area contributed by atoms with Gasteiger partial charge in [0.1, 0.15) is 10.6 Å². The minimum atomic E-state index is -0.162. The predicted molar refractivity (Wildman–Crippen MR) is 92.1 cm³/mol. The van der Waals surface area contributed by atoms with Crippen LogP contribution >= 0.6 is 11.3 Å². The van der Waals surface area contributed by atoms with Crippen molar-refractivity contribution in [2.24, 2.45) is 0 Å². The van der Waals surface area contributed by atoms with Crippen molar-refractivity contribution < 1.29 is 4.42 Å². The maximum absolute atomic E-state index is 12.4. The SMILES string of the molecule is O=c1cc(-c2ccc3occc3c2)nc2c(-c3nccs3)c[nH]n12. The molecular formula is C17H10N4O2S. The van der Waals surface area contributed by atoms with E-state index in [0.717, 1.165) is 27.1 Å². The molecule has 116 valence electrons. The molecule has 24 heavy (non-hydrogen) atoms. The Morgan fingerprint density at radius 1 is 1.21 bits per heavy atom. The molecule has 0 aliphatic rings. The number of aromatic amines is 1. The van der Waals surface area contributed by atoms with Gasteiger partial charge in [0.25, 0.3) is 5.56 Å². The Balaban J connectivity index is 1.77. The number of nitrogens with one attached hydrogen (secondary N) is 1. The molecule has 0 fully saturated rings. The third-order valence-electron chi connectivity index (χ3n) is 3.91. The third-order valence-corrected chi connectivity index (χ3v) is 4.71. The fraction of sp³-hybridized carbons (Fsp3) is 0. The van der Waals surface area contributed by atoms with Crippen molar-refractivity contribution in [2.45, 2.75) is 0 Å². The van der Waals surface area contributed by atoms with Crippen molar-refractivity contribution in [2.75, 3.05) is 0 Å². The first-order valence-electron chi connectivity index (χ1n) is 7.28. The summed E-state index contributed by atoms with van der Waals surface area (Å²) in [6.45, 7) is 0. The first-order chi connectivity index (χ1) is 11.8. The summed E-state index contributed by atoms with van der Waals surface area (Å²) < 4.78 is 6.79. The molecule has 0 spiro atoms. The zero-order chi connectivity index (χ0) is 16.1. The topological polar surface area (TPSA) is 76.2 Å². The van der Waals surface area contributed by atoms with E-state index in [0.29, 0.717) is 11.3 Å². The van der Waals surface area contributed by atoms with Gasteiger partial charge >= 0.3 is 0 Å². The third kappa shape index (κ3) is 1.92. The van der Waals surface area contributed by atoms with Gasteiger partial charge in [0.05, 0.1) is 17.5 Å². The van der Waals surface area contributed by atoms with E-state index in [1.807, 2.05) is 29.6 Å². The normalized spacial score (nSPS) is 11.5. The number of aromatic nitrogens is 4. The molecule has 6 nitrogen and oxygen atoms in total. The summed E-state index contributed by atoms with van der Waals surface area (Å²) >= 11 is 1.51. The zero-order valence-electron chi connectivity index (χ0n) is 12.3. The van der Waals surface area contributed by atoms with Gasteiger partial charge in [-0.2, -0.15) is 0 Å². The zero-order valence-corrected chi connectivity index (χ0v) is 13.1. The average Bonchev–Trinajstić information content (AvgIpc) is 3.33. The lowest BCUT2D eigenvalue weighted by molar-refractivity contribution is 0.616. The Kier molecular flexibility index (Phi) is 2.71. The van der Waals surface area contributed by atoms with Gasteiger partial charge in [0.2, 0.25) is 0 Å². The number of furan rings is 1. The minimum Gasteiger partial charge on any atom is -0.464 e. The summed E-state index contributed by atoms with van der Waals surface area (Å²) in [6.07, 6.45) is 5.14. The van der Waals surface area contributed by atoms with E-state index < -0.39 is 0 Å². The highest BCUT2D eigenvalue weighted by molar-refractivity contribution is 7.13. The number of nitrogens with zero attached hydrogens (tertiary/aromatic N) is 3. The molecule has 0 bridgehead atoms. The molecule has 0 aliphatic heterocycles. The Labute approximate surface area is 139 Å². The summed E-state index contributed by atoms with van der Waals surface area (Å²) in [5, 5.41) is 6.64. The molecule has 0 saturated carbocycles. The van der Waals surface area contributed by atoms with E-state index in [2.05, 4.69) is 15.1 Å². The van der Waals surface area contributed by atoms with Gasteiger partial charge in [-0.15, -0.1) is 11.3 Å². The van der Waals surface area contributed by atoms with E-state index in [1.165, 1.54) is 21.9 Å². The van der Waals surface area contributed by atoms with Crippen LogP contribution in [0.2, 0.25) is 0 Å². The van der Waals surface area contributed by atoms with Crippen molar-refractivity contribution in [3.8, 4) is 21.8 Å². The first kappa shape index (κ1) is 13.3. The second kappa shape index (κ2) is 4.90. The van der Waals surface area contributed by atoms with Crippen LogP contribution in [0.5, 0.6) is 0 Å².